The lowest BCUT2D eigenvalue weighted by Gasteiger charge is -2.40. The first-order valence-corrected chi connectivity index (χ1v) is 9.93. The number of hydrogen-bond donors (Lipinski definition) is 0. The molecule has 0 amide bonds. The van der Waals surface area contributed by atoms with Gasteiger partial charge in [-0.3, -0.25) is 14.6 Å². The molecule has 0 aromatic heterocycles. The van der Waals surface area contributed by atoms with Crippen molar-refractivity contribution in [3.05, 3.63) is 108 Å². The van der Waals surface area contributed by atoms with Crippen LogP contribution in [0.5, 0.6) is 0 Å². The van der Waals surface area contributed by atoms with Crippen LogP contribution in [0.25, 0.3) is 0 Å². The highest BCUT2D eigenvalue weighted by Gasteiger charge is 2.32. The van der Waals surface area contributed by atoms with E-state index >= 15 is 0 Å². The lowest BCUT2D eigenvalue weighted by atomic mass is 9.99. The second kappa shape index (κ2) is 11.9. The van der Waals surface area contributed by atoms with Gasteiger partial charge >= 0.3 is 0 Å². The second-order valence-electron chi connectivity index (χ2n) is 7.42. The predicted octanol–water partition coefficient (Wildman–Crippen LogP) is 5.10. The van der Waals surface area contributed by atoms with Crippen LogP contribution in [0.1, 0.15) is 21.5 Å². The van der Waals surface area contributed by atoms with E-state index in [-0.39, 0.29) is 36.6 Å². The zero-order chi connectivity index (χ0) is 19.2. The molecule has 158 valence electrons. The summed E-state index contributed by atoms with van der Waals surface area (Å²) in [5.41, 5.74) is 3.35. The summed E-state index contributed by atoms with van der Waals surface area (Å²) in [7, 11) is 0. The molecule has 1 fully saturated rings. The summed E-state index contributed by atoms with van der Waals surface area (Å²) in [6.07, 6.45) is 0. The van der Waals surface area contributed by atoms with Crippen LogP contribution in [-0.4, -0.2) is 41.3 Å². The van der Waals surface area contributed by atoms with Crippen molar-refractivity contribution in [2.24, 2.45) is 0 Å². The van der Waals surface area contributed by atoms with Crippen molar-refractivity contribution in [2.45, 2.75) is 19.1 Å². The van der Waals surface area contributed by atoms with Gasteiger partial charge in [0.05, 0.1) is 6.04 Å². The molecule has 0 bridgehead atoms. The predicted molar refractivity (Wildman–Crippen MR) is 128 cm³/mol. The Balaban J connectivity index is 0.00000160. The second-order valence-corrected chi connectivity index (χ2v) is 7.42. The van der Waals surface area contributed by atoms with Gasteiger partial charge in [-0.1, -0.05) is 91.0 Å². The van der Waals surface area contributed by atoms with Gasteiger partial charge in [0.25, 0.3) is 0 Å². The maximum atomic E-state index is 13.3. The SMILES string of the molecule is Cl.Cl.O=C(c1ccccc1)C1CN(Cc2ccccc2)CCN1Cc1ccccc1. The Morgan fingerprint density at radius 2 is 1.20 bits per heavy atom. The van der Waals surface area contributed by atoms with Crippen LogP contribution in [0.15, 0.2) is 91.0 Å². The average molecular weight is 443 g/mol. The molecule has 1 aliphatic heterocycles. The van der Waals surface area contributed by atoms with Crippen molar-refractivity contribution in [1.29, 1.82) is 0 Å². The molecule has 1 aliphatic rings. The Morgan fingerprint density at radius 3 is 1.77 bits per heavy atom. The van der Waals surface area contributed by atoms with Crippen molar-refractivity contribution in [3.8, 4) is 0 Å². The van der Waals surface area contributed by atoms with Crippen LogP contribution in [0.2, 0.25) is 0 Å². The number of rotatable bonds is 6. The molecule has 5 heteroatoms. The smallest absolute Gasteiger partial charge is 0.181 e. The van der Waals surface area contributed by atoms with Gasteiger partial charge in [-0.2, -0.15) is 0 Å². The van der Waals surface area contributed by atoms with Crippen molar-refractivity contribution in [3.63, 3.8) is 0 Å². The Bertz CT molecular complexity index is 891. The molecule has 1 unspecified atom stereocenters. The third-order valence-corrected chi connectivity index (χ3v) is 5.41. The summed E-state index contributed by atoms with van der Waals surface area (Å²) < 4.78 is 0. The molecule has 3 aromatic carbocycles. The van der Waals surface area contributed by atoms with Crippen LogP contribution in [0.3, 0.4) is 0 Å². The zero-order valence-corrected chi connectivity index (χ0v) is 18.5. The maximum absolute atomic E-state index is 13.3. The minimum Gasteiger partial charge on any atom is -0.296 e. The number of hydrogen-bond acceptors (Lipinski definition) is 3. The monoisotopic (exact) mass is 442 g/mol. The standard InChI is InChI=1S/C25H26N2O.2ClH/c28-25(23-14-8-3-9-15-23)24-20-26(18-21-10-4-1-5-11-21)16-17-27(24)19-22-12-6-2-7-13-22;;/h1-15,24H,16-20H2;2*1H. The molecule has 1 heterocycles. The molecule has 0 N–H and O–H groups in total. The van der Waals surface area contributed by atoms with E-state index < -0.39 is 0 Å². The van der Waals surface area contributed by atoms with Crippen LogP contribution in [0.4, 0.5) is 0 Å². The van der Waals surface area contributed by atoms with E-state index in [1.54, 1.807) is 0 Å². The number of nitrogens with zero attached hydrogens (tertiary/aromatic N) is 2. The largest absolute Gasteiger partial charge is 0.296 e. The molecular weight excluding hydrogens is 415 g/mol. The van der Waals surface area contributed by atoms with Gasteiger partial charge < -0.3 is 0 Å². The van der Waals surface area contributed by atoms with Gasteiger partial charge in [0.2, 0.25) is 0 Å². The first-order chi connectivity index (χ1) is 13.8. The van der Waals surface area contributed by atoms with Gasteiger partial charge in [0.1, 0.15) is 0 Å². The van der Waals surface area contributed by atoms with Crippen LogP contribution in [0, 0.1) is 0 Å². The summed E-state index contributed by atoms with van der Waals surface area (Å²) in [6.45, 7) is 4.32. The van der Waals surface area contributed by atoms with Crippen molar-refractivity contribution < 1.29 is 4.79 Å². The fourth-order valence-electron chi connectivity index (χ4n) is 3.91. The molecule has 0 radical (unpaired) electrons. The summed E-state index contributed by atoms with van der Waals surface area (Å²) in [5.74, 6) is 0.217. The van der Waals surface area contributed by atoms with Gasteiger partial charge in [-0.05, 0) is 11.1 Å². The quantitative estimate of drug-likeness (QED) is 0.496. The molecule has 4 rings (SSSR count). The van der Waals surface area contributed by atoms with Crippen LogP contribution < -0.4 is 0 Å². The Hall–Kier alpha value is -2.17. The van der Waals surface area contributed by atoms with E-state index in [1.807, 2.05) is 42.5 Å². The molecule has 3 aromatic rings. The summed E-state index contributed by atoms with van der Waals surface area (Å²) in [4.78, 5) is 18.1. The highest BCUT2D eigenvalue weighted by Crippen LogP contribution is 2.20. The van der Waals surface area contributed by atoms with E-state index in [9.17, 15) is 4.79 Å². The number of carbonyl (C=O) groups excluding carboxylic acids is 1. The Kier molecular flexibility index (Phi) is 9.54. The minimum atomic E-state index is -0.125. The number of Topliss-reactive ketones (excluding diaryl/α,β-unsaturated/α-hetero) is 1. The minimum absolute atomic E-state index is 0. The molecule has 1 saturated heterocycles. The van der Waals surface area contributed by atoms with Crippen LogP contribution in [-0.2, 0) is 13.1 Å². The highest BCUT2D eigenvalue weighted by atomic mass is 35.5. The topological polar surface area (TPSA) is 23.6 Å². The third kappa shape index (κ3) is 6.16. The van der Waals surface area contributed by atoms with Crippen molar-refractivity contribution in [1.82, 2.24) is 9.80 Å². The number of halogens is 2. The normalized spacial score (nSPS) is 16.9. The molecule has 3 nitrogen and oxygen atoms in total. The summed E-state index contributed by atoms with van der Waals surface area (Å²) in [6, 6.07) is 30.5. The molecule has 0 aliphatic carbocycles. The Morgan fingerprint density at radius 1 is 0.700 bits per heavy atom. The molecule has 0 spiro atoms. The third-order valence-electron chi connectivity index (χ3n) is 5.41. The highest BCUT2D eigenvalue weighted by molar-refractivity contribution is 6.00. The molecular formula is C25H28Cl2N2O. The lowest BCUT2D eigenvalue weighted by Crippen LogP contribution is -2.55. The molecule has 0 saturated carbocycles. The summed E-state index contributed by atoms with van der Waals surface area (Å²) in [5, 5.41) is 0. The first-order valence-electron chi connectivity index (χ1n) is 9.93. The van der Waals surface area contributed by atoms with E-state index in [0.717, 1.165) is 38.3 Å². The van der Waals surface area contributed by atoms with Gasteiger partial charge in [-0.15, -0.1) is 24.8 Å². The van der Waals surface area contributed by atoms with Crippen LogP contribution >= 0.6 is 24.8 Å². The van der Waals surface area contributed by atoms with Crippen molar-refractivity contribution >= 4 is 30.6 Å². The first kappa shape index (κ1) is 24.1. The van der Waals surface area contributed by atoms with E-state index in [4.69, 9.17) is 0 Å². The molecule has 30 heavy (non-hydrogen) atoms. The fourth-order valence-corrected chi connectivity index (χ4v) is 3.91. The van der Waals surface area contributed by atoms with E-state index in [1.165, 1.54) is 11.1 Å². The van der Waals surface area contributed by atoms with Gasteiger partial charge in [0, 0.05) is 38.3 Å². The fraction of sp³-hybridized carbons (Fsp3) is 0.240. The average Bonchev–Trinajstić information content (AvgIpc) is 2.76. The summed E-state index contributed by atoms with van der Waals surface area (Å²) >= 11 is 0. The maximum Gasteiger partial charge on any atom is 0.181 e. The zero-order valence-electron chi connectivity index (χ0n) is 16.9. The van der Waals surface area contributed by atoms with Crippen molar-refractivity contribution in [2.75, 3.05) is 19.6 Å². The molecule has 1 atom stereocenters. The number of benzene rings is 3. The van der Waals surface area contributed by atoms with Gasteiger partial charge in [-0.25, -0.2) is 0 Å². The lowest BCUT2D eigenvalue weighted by molar-refractivity contribution is 0.0492. The number of ketones is 1. The number of carbonyl (C=O) groups is 1. The van der Waals surface area contributed by atoms with E-state index in [0.29, 0.717) is 0 Å². The van der Waals surface area contributed by atoms with E-state index in [2.05, 4.69) is 58.3 Å². The number of piperazine rings is 1. The Labute approximate surface area is 191 Å². The van der Waals surface area contributed by atoms with Gasteiger partial charge in [0.15, 0.2) is 5.78 Å².